The second kappa shape index (κ2) is 8.71. The van der Waals surface area contributed by atoms with E-state index in [1.54, 1.807) is 42.5 Å². The van der Waals surface area contributed by atoms with Crippen LogP contribution in [0.3, 0.4) is 0 Å². The highest BCUT2D eigenvalue weighted by Crippen LogP contribution is 2.22. The largest absolute Gasteiger partial charge is 0.494 e. The molecule has 126 valence electrons. The molecule has 0 atom stereocenters. The van der Waals surface area contributed by atoms with E-state index in [1.165, 1.54) is 0 Å². The number of carbonyl (C=O) groups excluding carboxylic acids is 1. The van der Waals surface area contributed by atoms with E-state index in [-0.39, 0.29) is 5.91 Å². The average molecular weight is 365 g/mol. The van der Waals surface area contributed by atoms with Crippen LogP contribution in [0, 0.1) is 0 Å². The highest BCUT2D eigenvalue weighted by molar-refractivity contribution is 6.37. The molecule has 1 amide bonds. The maximum atomic E-state index is 12.2. The number of nitrogens with zero attached hydrogens (tertiary/aromatic N) is 1. The zero-order valence-corrected chi connectivity index (χ0v) is 15.0. The summed E-state index contributed by atoms with van der Waals surface area (Å²) in [7, 11) is 0. The monoisotopic (exact) mass is 364 g/mol. The summed E-state index contributed by atoms with van der Waals surface area (Å²) in [5, 5.41) is 5.25. The summed E-state index contributed by atoms with van der Waals surface area (Å²) in [4.78, 5) is 12.2. The van der Waals surface area contributed by atoms with E-state index in [0.29, 0.717) is 34.3 Å². The Morgan fingerprint density at radius 1 is 1.12 bits per heavy atom. The summed E-state index contributed by atoms with van der Waals surface area (Å²) in [5.74, 6) is 0.425. The summed E-state index contributed by atoms with van der Waals surface area (Å²) in [6.07, 6.45) is 0.616. The first-order valence-corrected chi connectivity index (χ1v) is 8.36. The molecule has 2 aromatic carbocycles. The number of amides is 1. The summed E-state index contributed by atoms with van der Waals surface area (Å²) in [5.41, 5.74) is 4.48. The van der Waals surface area contributed by atoms with Crippen molar-refractivity contribution in [2.75, 3.05) is 6.61 Å². The number of nitrogens with one attached hydrogen (secondary N) is 1. The lowest BCUT2D eigenvalue weighted by Crippen LogP contribution is -2.20. The third kappa shape index (κ3) is 4.73. The lowest BCUT2D eigenvalue weighted by Gasteiger charge is -2.08. The number of hydrazone groups is 1. The Morgan fingerprint density at radius 2 is 1.83 bits per heavy atom. The SMILES string of the molecule is CCOc1ccc(C(=O)N/N=C(\CC)c2ccc(Cl)cc2Cl)cc1. The molecule has 0 unspecified atom stereocenters. The number of carbonyl (C=O) groups is 1. The number of rotatable bonds is 6. The van der Waals surface area contributed by atoms with Crippen molar-refractivity contribution in [2.24, 2.45) is 5.10 Å². The minimum Gasteiger partial charge on any atom is -0.494 e. The molecule has 0 aromatic heterocycles. The molecule has 0 bridgehead atoms. The Balaban J connectivity index is 2.13. The van der Waals surface area contributed by atoms with Crippen LogP contribution in [0.1, 0.15) is 36.2 Å². The van der Waals surface area contributed by atoms with Crippen LogP contribution in [0.5, 0.6) is 5.75 Å². The standard InChI is InChI=1S/C18H18Cl2N2O2/c1-3-17(15-10-7-13(19)11-16(15)20)21-22-18(23)12-5-8-14(9-6-12)24-4-2/h5-11H,3-4H2,1-2H3,(H,22,23)/b21-17+. The highest BCUT2D eigenvalue weighted by Gasteiger charge is 2.09. The molecule has 0 aliphatic rings. The Kier molecular flexibility index (Phi) is 6.64. The molecule has 6 heteroatoms. The van der Waals surface area contributed by atoms with Gasteiger partial charge in [-0.15, -0.1) is 0 Å². The Bertz CT molecular complexity index is 743. The van der Waals surface area contributed by atoms with Crippen LogP contribution >= 0.6 is 23.2 Å². The Labute approximate surface area is 151 Å². The van der Waals surface area contributed by atoms with Crippen LogP contribution in [-0.4, -0.2) is 18.2 Å². The predicted octanol–water partition coefficient (Wildman–Crippen LogP) is 4.94. The normalized spacial score (nSPS) is 11.2. The lowest BCUT2D eigenvalue weighted by molar-refractivity contribution is 0.0955. The van der Waals surface area contributed by atoms with Gasteiger partial charge in [0.15, 0.2) is 0 Å². The third-order valence-electron chi connectivity index (χ3n) is 3.30. The first kappa shape index (κ1) is 18.3. The van der Waals surface area contributed by atoms with E-state index in [0.717, 1.165) is 11.3 Å². The summed E-state index contributed by atoms with van der Waals surface area (Å²) in [6, 6.07) is 12.1. The third-order valence-corrected chi connectivity index (χ3v) is 3.84. The van der Waals surface area contributed by atoms with Gasteiger partial charge in [0.2, 0.25) is 0 Å². The molecule has 0 radical (unpaired) electrons. The quantitative estimate of drug-likeness (QED) is 0.583. The summed E-state index contributed by atoms with van der Waals surface area (Å²) < 4.78 is 5.35. The van der Waals surface area contributed by atoms with E-state index < -0.39 is 0 Å². The molecule has 1 N–H and O–H groups in total. The van der Waals surface area contributed by atoms with Gasteiger partial charge in [-0.3, -0.25) is 4.79 Å². The zero-order chi connectivity index (χ0) is 17.5. The van der Waals surface area contributed by atoms with Crippen molar-refractivity contribution in [1.29, 1.82) is 0 Å². The number of benzene rings is 2. The number of hydrogen-bond acceptors (Lipinski definition) is 3. The highest BCUT2D eigenvalue weighted by atomic mass is 35.5. The van der Waals surface area contributed by atoms with Gasteiger partial charge in [-0.05, 0) is 49.7 Å². The first-order valence-electron chi connectivity index (χ1n) is 7.60. The van der Waals surface area contributed by atoms with E-state index in [9.17, 15) is 4.79 Å². The van der Waals surface area contributed by atoms with Gasteiger partial charge in [-0.1, -0.05) is 36.2 Å². The van der Waals surface area contributed by atoms with Gasteiger partial charge in [-0.25, -0.2) is 5.43 Å². The summed E-state index contributed by atoms with van der Waals surface area (Å²) in [6.45, 7) is 4.42. The fourth-order valence-corrected chi connectivity index (χ4v) is 2.62. The molecule has 2 aromatic rings. The van der Waals surface area contributed by atoms with Crippen LogP contribution in [0.25, 0.3) is 0 Å². The van der Waals surface area contributed by atoms with E-state index in [2.05, 4.69) is 10.5 Å². The molecule has 0 aliphatic heterocycles. The van der Waals surface area contributed by atoms with Gasteiger partial charge in [0, 0.05) is 16.1 Å². The second-order valence-electron chi connectivity index (χ2n) is 4.93. The van der Waals surface area contributed by atoms with Crippen LogP contribution in [0.15, 0.2) is 47.6 Å². The molecule has 0 fully saturated rings. The van der Waals surface area contributed by atoms with Crippen molar-refractivity contribution in [3.8, 4) is 5.75 Å². The Morgan fingerprint density at radius 3 is 2.42 bits per heavy atom. The van der Waals surface area contributed by atoms with E-state index >= 15 is 0 Å². The molecule has 4 nitrogen and oxygen atoms in total. The van der Waals surface area contributed by atoms with Crippen LogP contribution in [0.4, 0.5) is 0 Å². The average Bonchev–Trinajstić information content (AvgIpc) is 2.57. The molecule has 0 saturated heterocycles. The van der Waals surface area contributed by atoms with Gasteiger partial charge in [0.05, 0.1) is 17.3 Å². The fourth-order valence-electron chi connectivity index (χ4n) is 2.11. The summed E-state index contributed by atoms with van der Waals surface area (Å²) >= 11 is 12.1. The van der Waals surface area contributed by atoms with Gasteiger partial charge in [-0.2, -0.15) is 5.10 Å². The molecular weight excluding hydrogens is 347 g/mol. The number of halogens is 2. The minimum absolute atomic E-state index is 0.297. The van der Waals surface area contributed by atoms with Crippen molar-refractivity contribution in [1.82, 2.24) is 5.43 Å². The molecular formula is C18H18Cl2N2O2. The predicted molar refractivity (Wildman–Crippen MR) is 98.4 cm³/mol. The van der Waals surface area contributed by atoms with Crippen LogP contribution in [-0.2, 0) is 0 Å². The number of hydrogen-bond donors (Lipinski definition) is 1. The lowest BCUT2D eigenvalue weighted by atomic mass is 10.1. The minimum atomic E-state index is -0.297. The molecule has 0 heterocycles. The number of ether oxygens (including phenoxy) is 1. The van der Waals surface area contributed by atoms with E-state index in [4.69, 9.17) is 27.9 Å². The van der Waals surface area contributed by atoms with Gasteiger partial charge < -0.3 is 4.74 Å². The zero-order valence-electron chi connectivity index (χ0n) is 13.5. The maximum Gasteiger partial charge on any atom is 0.271 e. The van der Waals surface area contributed by atoms with Gasteiger partial charge in [0.25, 0.3) is 5.91 Å². The van der Waals surface area contributed by atoms with Crippen molar-refractivity contribution in [2.45, 2.75) is 20.3 Å². The fraction of sp³-hybridized carbons (Fsp3) is 0.222. The Hall–Kier alpha value is -2.04. The molecule has 24 heavy (non-hydrogen) atoms. The van der Waals surface area contributed by atoms with Crippen molar-refractivity contribution < 1.29 is 9.53 Å². The maximum absolute atomic E-state index is 12.2. The smallest absolute Gasteiger partial charge is 0.271 e. The van der Waals surface area contributed by atoms with E-state index in [1.807, 2.05) is 13.8 Å². The van der Waals surface area contributed by atoms with Crippen molar-refractivity contribution >= 4 is 34.8 Å². The second-order valence-corrected chi connectivity index (χ2v) is 5.78. The molecule has 0 aliphatic carbocycles. The first-order chi connectivity index (χ1) is 11.5. The molecule has 2 rings (SSSR count). The van der Waals surface area contributed by atoms with Crippen molar-refractivity contribution in [3.63, 3.8) is 0 Å². The molecule has 0 spiro atoms. The molecule has 0 saturated carbocycles. The van der Waals surface area contributed by atoms with Crippen LogP contribution < -0.4 is 10.2 Å². The van der Waals surface area contributed by atoms with Crippen LogP contribution in [0.2, 0.25) is 10.0 Å². The topological polar surface area (TPSA) is 50.7 Å². The van der Waals surface area contributed by atoms with Gasteiger partial charge >= 0.3 is 0 Å². The van der Waals surface area contributed by atoms with Crippen molar-refractivity contribution in [3.05, 3.63) is 63.6 Å². The van der Waals surface area contributed by atoms with Gasteiger partial charge in [0.1, 0.15) is 5.75 Å².